The molecule has 1 aromatic rings. The molecule has 2 N–H and O–H groups in total. The van der Waals surface area contributed by atoms with E-state index in [2.05, 4.69) is 0 Å². The zero-order valence-corrected chi connectivity index (χ0v) is 12.1. The molecule has 3 nitrogen and oxygen atoms in total. The van der Waals surface area contributed by atoms with Crippen LogP contribution in [0.25, 0.3) is 0 Å². The van der Waals surface area contributed by atoms with Gasteiger partial charge in [0.05, 0.1) is 10.6 Å². The van der Waals surface area contributed by atoms with E-state index in [1.54, 1.807) is 12.1 Å². The first-order valence-electron chi connectivity index (χ1n) is 6.87. The third-order valence-electron chi connectivity index (χ3n) is 4.09. The molecule has 1 aliphatic carbocycles. The first-order valence-corrected chi connectivity index (χ1v) is 7.24. The van der Waals surface area contributed by atoms with Crippen LogP contribution in [0.1, 0.15) is 36.0 Å². The van der Waals surface area contributed by atoms with Crippen LogP contribution in [0.5, 0.6) is 0 Å². The maximum atomic E-state index is 12.5. The van der Waals surface area contributed by atoms with Crippen LogP contribution < -0.4 is 5.73 Å². The molecule has 2 unspecified atom stereocenters. The molecular weight excluding hydrogens is 260 g/mol. The highest BCUT2D eigenvalue weighted by Gasteiger charge is 2.30. The number of halogens is 1. The Morgan fingerprint density at radius 1 is 1.37 bits per heavy atom. The molecule has 1 fully saturated rings. The smallest absolute Gasteiger partial charge is 0.255 e. The van der Waals surface area contributed by atoms with E-state index in [1.165, 1.54) is 12.8 Å². The topological polar surface area (TPSA) is 46.3 Å². The Kier molecular flexibility index (Phi) is 4.83. The van der Waals surface area contributed by atoms with E-state index in [-0.39, 0.29) is 11.9 Å². The van der Waals surface area contributed by atoms with Crippen molar-refractivity contribution in [2.45, 2.75) is 31.7 Å². The van der Waals surface area contributed by atoms with Crippen LogP contribution in [-0.4, -0.2) is 30.4 Å². The average molecular weight is 281 g/mol. The highest BCUT2D eigenvalue weighted by atomic mass is 35.5. The Balaban J connectivity index is 2.16. The van der Waals surface area contributed by atoms with E-state index in [0.29, 0.717) is 23.0 Å². The van der Waals surface area contributed by atoms with Crippen LogP contribution in [0.2, 0.25) is 5.02 Å². The summed E-state index contributed by atoms with van der Waals surface area (Å²) in [7, 11) is 1.87. The molecule has 0 spiro atoms. The van der Waals surface area contributed by atoms with Crippen LogP contribution in [0.4, 0.5) is 0 Å². The van der Waals surface area contributed by atoms with E-state index in [9.17, 15) is 4.79 Å². The van der Waals surface area contributed by atoms with Crippen molar-refractivity contribution in [2.24, 2.45) is 11.7 Å². The van der Waals surface area contributed by atoms with Crippen molar-refractivity contribution in [3.05, 3.63) is 34.9 Å². The summed E-state index contributed by atoms with van der Waals surface area (Å²) in [5.74, 6) is 0.404. The minimum atomic E-state index is -0.00375. The Labute approximate surface area is 119 Å². The summed E-state index contributed by atoms with van der Waals surface area (Å²) >= 11 is 6.10. The van der Waals surface area contributed by atoms with Crippen molar-refractivity contribution in [1.29, 1.82) is 0 Å². The van der Waals surface area contributed by atoms with Gasteiger partial charge in [0.25, 0.3) is 5.91 Å². The van der Waals surface area contributed by atoms with Crippen LogP contribution in [0, 0.1) is 5.92 Å². The van der Waals surface area contributed by atoms with E-state index in [0.717, 1.165) is 12.8 Å². The normalized spacial score (nSPS) is 23.1. The van der Waals surface area contributed by atoms with Gasteiger partial charge in [-0.15, -0.1) is 0 Å². The fraction of sp³-hybridized carbons (Fsp3) is 0.533. The first-order chi connectivity index (χ1) is 9.15. The third kappa shape index (κ3) is 3.10. The number of hydrogen-bond donors (Lipinski definition) is 1. The molecule has 1 aromatic carbocycles. The maximum Gasteiger partial charge on any atom is 0.255 e. The standard InChI is InChI=1S/C15H21ClN2O/c1-18(14-9-5-2-6-11(14)10-17)15(19)12-7-3-4-8-13(12)16/h3-4,7-8,11,14H,2,5-6,9-10,17H2,1H3. The summed E-state index contributed by atoms with van der Waals surface area (Å²) in [4.78, 5) is 14.4. The van der Waals surface area contributed by atoms with Crippen LogP contribution in [-0.2, 0) is 0 Å². The highest BCUT2D eigenvalue weighted by Crippen LogP contribution is 2.29. The van der Waals surface area contributed by atoms with Crippen molar-refractivity contribution in [2.75, 3.05) is 13.6 Å². The van der Waals surface area contributed by atoms with Crippen molar-refractivity contribution < 1.29 is 4.79 Å². The van der Waals surface area contributed by atoms with Gasteiger partial charge >= 0.3 is 0 Å². The second-order valence-corrected chi connectivity index (χ2v) is 5.65. The van der Waals surface area contributed by atoms with Gasteiger partial charge in [0.15, 0.2) is 0 Å². The molecule has 1 saturated carbocycles. The number of benzene rings is 1. The maximum absolute atomic E-state index is 12.5. The predicted molar refractivity (Wildman–Crippen MR) is 78.3 cm³/mol. The van der Waals surface area contributed by atoms with E-state index < -0.39 is 0 Å². The summed E-state index contributed by atoms with van der Waals surface area (Å²) in [6.45, 7) is 0.644. The predicted octanol–water partition coefficient (Wildman–Crippen LogP) is 2.93. The summed E-state index contributed by atoms with van der Waals surface area (Å²) in [6.07, 6.45) is 4.53. The number of nitrogens with two attached hydrogens (primary N) is 1. The molecule has 0 aliphatic heterocycles. The first kappa shape index (κ1) is 14.4. The Morgan fingerprint density at radius 2 is 2.05 bits per heavy atom. The number of nitrogens with zero attached hydrogens (tertiary/aromatic N) is 1. The number of carbonyl (C=O) groups excluding carboxylic acids is 1. The minimum Gasteiger partial charge on any atom is -0.338 e. The molecule has 1 amide bonds. The SMILES string of the molecule is CN(C(=O)c1ccccc1Cl)C1CCCCC1CN. The van der Waals surface area contributed by atoms with Crippen molar-refractivity contribution in [3.8, 4) is 0 Å². The van der Waals surface area contributed by atoms with Gasteiger partial charge in [0.2, 0.25) is 0 Å². The quantitative estimate of drug-likeness (QED) is 0.925. The van der Waals surface area contributed by atoms with Crippen molar-refractivity contribution in [1.82, 2.24) is 4.90 Å². The molecule has 104 valence electrons. The molecule has 19 heavy (non-hydrogen) atoms. The molecule has 2 rings (SSSR count). The summed E-state index contributed by atoms with van der Waals surface area (Å²) < 4.78 is 0. The largest absolute Gasteiger partial charge is 0.338 e. The molecule has 0 bridgehead atoms. The van der Waals surface area contributed by atoms with Crippen LogP contribution >= 0.6 is 11.6 Å². The highest BCUT2D eigenvalue weighted by molar-refractivity contribution is 6.33. The van der Waals surface area contributed by atoms with Gasteiger partial charge < -0.3 is 10.6 Å². The van der Waals surface area contributed by atoms with Crippen molar-refractivity contribution in [3.63, 3.8) is 0 Å². The summed E-state index contributed by atoms with van der Waals surface area (Å²) in [6, 6.07) is 7.45. The van der Waals surface area contributed by atoms with E-state index in [4.69, 9.17) is 17.3 Å². The number of amides is 1. The lowest BCUT2D eigenvalue weighted by Gasteiger charge is -2.37. The zero-order chi connectivity index (χ0) is 13.8. The van der Waals surface area contributed by atoms with Gasteiger partial charge in [-0.25, -0.2) is 0 Å². The molecular formula is C15H21ClN2O. The van der Waals surface area contributed by atoms with E-state index in [1.807, 2.05) is 24.1 Å². The van der Waals surface area contributed by atoms with Gasteiger partial charge in [-0.1, -0.05) is 36.6 Å². The molecule has 0 radical (unpaired) electrons. The third-order valence-corrected chi connectivity index (χ3v) is 4.42. The number of rotatable bonds is 3. The fourth-order valence-corrected chi connectivity index (χ4v) is 3.16. The lowest BCUT2D eigenvalue weighted by molar-refractivity contribution is 0.0620. The van der Waals surface area contributed by atoms with Gasteiger partial charge in [0.1, 0.15) is 0 Å². The molecule has 0 heterocycles. The minimum absolute atomic E-state index is 0.00375. The Morgan fingerprint density at radius 3 is 2.74 bits per heavy atom. The monoisotopic (exact) mass is 280 g/mol. The van der Waals surface area contributed by atoms with Crippen LogP contribution in [0.15, 0.2) is 24.3 Å². The van der Waals surface area contributed by atoms with E-state index >= 15 is 0 Å². The van der Waals surface area contributed by atoms with Crippen LogP contribution in [0.3, 0.4) is 0 Å². The van der Waals surface area contributed by atoms with Gasteiger partial charge in [-0.2, -0.15) is 0 Å². The Hall–Kier alpha value is -1.06. The fourth-order valence-electron chi connectivity index (χ4n) is 2.95. The number of carbonyl (C=O) groups is 1. The van der Waals surface area contributed by atoms with Gasteiger partial charge in [0, 0.05) is 13.1 Å². The zero-order valence-electron chi connectivity index (χ0n) is 11.3. The molecule has 2 atom stereocenters. The molecule has 4 heteroatoms. The summed E-state index contributed by atoms with van der Waals surface area (Å²) in [5.41, 5.74) is 6.41. The summed E-state index contributed by atoms with van der Waals surface area (Å²) in [5, 5.41) is 0.513. The van der Waals surface area contributed by atoms with Gasteiger partial charge in [-0.05, 0) is 37.4 Å². The van der Waals surface area contributed by atoms with Crippen molar-refractivity contribution >= 4 is 17.5 Å². The molecule has 0 saturated heterocycles. The second kappa shape index (κ2) is 6.40. The molecule has 1 aliphatic rings. The lowest BCUT2D eigenvalue weighted by atomic mass is 9.83. The van der Waals surface area contributed by atoms with Gasteiger partial charge in [-0.3, -0.25) is 4.79 Å². The second-order valence-electron chi connectivity index (χ2n) is 5.24. The average Bonchev–Trinajstić information content (AvgIpc) is 2.46. The Bertz CT molecular complexity index is 450. The molecule has 0 aromatic heterocycles. The number of hydrogen-bond acceptors (Lipinski definition) is 2. The lowest BCUT2D eigenvalue weighted by Crippen LogP contribution is -2.46.